The highest BCUT2D eigenvalue weighted by molar-refractivity contribution is 5.95. The summed E-state index contributed by atoms with van der Waals surface area (Å²) < 4.78 is 5.53. The number of hydrogen-bond acceptors (Lipinski definition) is 4. The maximum absolute atomic E-state index is 13.4. The third kappa shape index (κ3) is 7.29. The summed E-state index contributed by atoms with van der Waals surface area (Å²) in [4.78, 5) is 46.4. The van der Waals surface area contributed by atoms with Crippen LogP contribution in [-0.2, 0) is 29.0 Å². The van der Waals surface area contributed by atoms with Gasteiger partial charge in [-0.25, -0.2) is 9.59 Å². The first-order chi connectivity index (χ1) is 20.2. The Morgan fingerprint density at radius 1 is 0.810 bits per heavy atom. The lowest BCUT2D eigenvalue weighted by Crippen LogP contribution is -2.54. The molecule has 4 amide bonds. The lowest BCUT2D eigenvalue weighted by molar-refractivity contribution is -0.132. The zero-order valence-corrected chi connectivity index (χ0v) is 24.7. The second-order valence-corrected chi connectivity index (χ2v) is 12.1. The van der Waals surface area contributed by atoms with Crippen LogP contribution in [0.5, 0.6) is 0 Å². The molecule has 220 valence electrons. The number of benzene rings is 3. The van der Waals surface area contributed by atoms with Gasteiger partial charge in [-0.3, -0.25) is 9.69 Å². The van der Waals surface area contributed by atoms with Gasteiger partial charge < -0.3 is 19.4 Å². The molecule has 42 heavy (non-hydrogen) atoms. The summed E-state index contributed by atoms with van der Waals surface area (Å²) in [5.41, 5.74) is 3.52. The summed E-state index contributed by atoms with van der Waals surface area (Å²) >= 11 is 0. The van der Waals surface area contributed by atoms with Gasteiger partial charge in [0.25, 0.3) is 0 Å². The third-order valence-corrected chi connectivity index (χ3v) is 7.67. The maximum Gasteiger partial charge on any atom is 0.410 e. The quantitative estimate of drug-likeness (QED) is 0.349. The highest BCUT2D eigenvalue weighted by Crippen LogP contribution is 2.27. The topological polar surface area (TPSA) is 73.4 Å². The molecule has 0 saturated carbocycles. The summed E-state index contributed by atoms with van der Waals surface area (Å²) in [6.07, 6.45) is 0.683. The zero-order valence-electron chi connectivity index (χ0n) is 24.7. The number of rotatable bonds is 8. The lowest BCUT2D eigenvalue weighted by Gasteiger charge is -2.36. The Morgan fingerprint density at radius 2 is 1.40 bits per heavy atom. The van der Waals surface area contributed by atoms with Crippen molar-refractivity contribution in [1.29, 1.82) is 0 Å². The molecular formula is C34H40N4O4. The lowest BCUT2D eigenvalue weighted by atomic mass is 10.1. The van der Waals surface area contributed by atoms with Crippen molar-refractivity contribution in [3.63, 3.8) is 0 Å². The molecule has 2 aliphatic rings. The van der Waals surface area contributed by atoms with E-state index < -0.39 is 5.60 Å². The molecule has 0 N–H and O–H groups in total. The SMILES string of the molecule is CC(C)(C)OC(=O)N1CCN2C(=O)N(c3ccc(CCC(=O)N(Cc4ccccc4)Cc4ccccc4)cc3)CC2C1. The Kier molecular flexibility index (Phi) is 8.80. The molecule has 1 unspecified atom stereocenters. The van der Waals surface area contributed by atoms with E-state index in [2.05, 4.69) is 0 Å². The minimum Gasteiger partial charge on any atom is -0.444 e. The van der Waals surface area contributed by atoms with Gasteiger partial charge in [-0.15, -0.1) is 0 Å². The van der Waals surface area contributed by atoms with Crippen molar-refractivity contribution in [2.24, 2.45) is 0 Å². The molecule has 3 aromatic rings. The van der Waals surface area contributed by atoms with E-state index in [9.17, 15) is 14.4 Å². The molecule has 5 rings (SSSR count). The Balaban J connectivity index is 1.18. The number of amides is 4. The molecule has 2 heterocycles. The van der Waals surface area contributed by atoms with E-state index in [0.29, 0.717) is 52.1 Å². The first-order valence-electron chi connectivity index (χ1n) is 14.7. The minimum absolute atomic E-state index is 0.0377. The number of urea groups is 1. The van der Waals surface area contributed by atoms with Crippen molar-refractivity contribution in [2.75, 3.05) is 31.1 Å². The Labute approximate surface area is 248 Å². The Hall–Kier alpha value is -4.33. The number of fused-ring (bicyclic) bond motifs is 1. The van der Waals surface area contributed by atoms with E-state index in [1.165, 1.54) is 0 Å². The van der Waals surface area contributed by atoms with E-state index in [1.807, 2.05) is 116 Å². The standard InChI is InChI=1S/C34H40N4O4/c1-34(2,3)42-33(41)35-20-21-37-30(24-35)25-38(32(37)40)29-17-14-26(15-18-29)16-19-31(39)36(22-27-10-6-4-7-11-27)23-28-12-8-5-9-13-28/h4-15,17-18,30H,16,19-25H2,1-3H3. The fourth-order valence-corrected chi connectivity index (χ4v) is 5.51. The van der Waals surface area contributed by atoms with Crippen LogP contribution in [0.25, 0.3) is 0 Å². The molecule has 2 aliphatic heterocycles. The fraction of sp³-hybridized carbons (Fsp3) is 0.382. The van der Waals surface area contributed by atoms with Crippen molar-refractivity contribution in [3.05, 3.63) is 102 Å². The minimum atomic E-state index is -0.555. The predicted molar refractivity (Wildman–Crippen MR) is 163 cm³/mol. The average molecular weight is 569 g/mol. The summed E-state index contributed by atoms with van der Waals surface area (Å²) in [5, 5.41) is 0. The molecule has 1 atom stereocenters. The first kappa shape index (κ1) is 29.2. The summed E-state index contributed by atoms with van der Waals surface area (Å²) in [6.45, 7) is 8.61. The van der Waals surface area contributed by atoms with E-state index in [-0.39, 0.29) is 24.1 Å². The molecule has 0 aliphatic carbocycles. The number of aryl methyl sites for hydroxylation is 1. The molecule has 2 saturated heterocycles. The van der Waals surface area contributed by atoms with Crippen molar-refractivity contribution < 1.29 is 19.1 Å². The van der Waals surface area contributed by atoms with Crippen molar-refractivity contribution in [1.82, 2.24) is 14.7 Å². The molecule has 8 nitrogen and oxygen atoms in total. The van der Waals surface area contributed by atoms with E-state index >= 15 is 0 Å². The molecule has 0 bridgehead atoms. The summed E-state index contributed by atoms with van der Waals surface area (Å²) in [6, 6.07) is 27.9. The summed E-state index contributed by atoms with van der Waals surface area (Å²) in [7, 11) is 0. The number of nitrogens with zero attached hydrogens (tertiary/aromatic N) is 4. The van der Waals surface area contributed by atoms with Crippen LogP contribution in [0.4, 0.5) is 15.3 Å². The van der Waals surface area contributed by atoms with Crippen LogP contribution >= 0.6 is 0 Å². The highest BCUT2D eigenvalue weighted by Gasteiger charge is 2.42. The molecule has 2 fully saturated rings. The van der Waals surface area contributed by atoms with Crippen LogP contribution in [0.2, 0.25) is 0 Å². The van der Waals surface area contributed by atoms with Gasteiger partial charge in [0.2, 0.25) is 5.91 Å². The Bertz CT molecular complexity index is 1330. The van der Waals surface area contributed by atoms with Crippen LogP contribution in [0, 0.1) is 0 Å². The molecule has 0 radical (unpaired) electrons. The Morgan fingerprint density at radius 3 is 1.98 bits per heavy atom. The van der Waals surface area contributed by atoms with Crippen LogP contribution in [0.1, 0.15) is 43.9 Å². The molecule has 0 spiro atoms. The zero-order chi connectivity index (χ0) is 29.7. The number of piperazine rings is 1. The van der Waals surface area contributed by atoms with Crippen LogP contribution in [-0.4, -0.2) is 70.6 Å². The van der Waals surface area contributed by atoms with Crippen LogP contribution < -0.4 is 4.90 Å². The van der Waals surface area contributed by atoms with E-state index in [1.54, 1.807) is 9.80 Å². The number of ether oxygens (including phenoxy) is 1. The van der Waals surface area contributed by atoms with Gasteiger partial charge in [-0.2, -0.15) is 0 Å². The van der Waals surface area contributed by atoms with Gasteiger partial charge in [0.1, 0.15) is 5.60 Å². The van der Waals surface area contributed by atoms with Crippen LogP contribution in [0.3, 0.4) is 0 Å². The van der Waals surface area contributed by atoms with Crippen molar-refractivity contribution >= 4 is 23.7 Å². The number of hydrogen-bond donors (Lipinski definition) is 0. The van der Waals surface area contributed by atoms with Gasteiger partial charge in [0.05, 0.1) is 6.04 Å². The van der Waals surface area contributed by atoms with Gasteiger partial charge in [0, 0.05) is 51.4 Å². The molecule has 3 aromatic carbocycles. The van der Waals surface area contributed by atoms with Gasteiger partial charge >= 0.3 is 12.1 Å². The van der Waals surface area contributed by atoms with Crippen molar-refractivity contribution in [2.45, 2.75) is 58.3 Å². The second kappa shape index (κ2) is 12.7. The van der Waals surface area contributed by atoms with Gasteiger partial charge in [0.15, 0.2) is 0 Å². The van der Waals surface area contributed by atoms with Gasteiger partial charge in [-0.05, 0) is 56.0 Å². The number of carbonyl (C=O) groups excluding carboxylic acids is 3. The molecule has 8 heteroatoms. The van der Waals surface area contributed by atoms with Gasteiger partial charge in [-0.1, -0.05) is 72.8 Å². The molecule has 0 aromatic heterocycles. The van der Waals surface area contributed by atoms with E-state index in [0.717, 1.165) is 22.4 Å². The van der Waals surface area contributed by atoms with E-state index in [4.69, 9.17) is 4.74 Å². The third-order valence-electron chi connectivity index (χ3n) is 7.67. The largest absolute Gasteiger partial charge is 0.444 e. The van der Waals surface area contributed by atoms with Crippen LogP contribution in [0.15, 0.2) is 84.9 Å². The van der Waals surface area contributed by atoms with Crippen molar-refractivity contribution in [3.8, 4) is 0 Å². The summed E-state index contributed by atoms with van der Waals surface area (Å²) in [5.74, 6) is 0.105. The number of carbonyl (C=O) groups is 3. The highest BCUT2D eigenvalue weighted by atomic mass is 16.6. The second-order valence-electron chi connectivity index (χ2n) is 12.1. The maximum atomic E-state index is 13.4. The normalized spacial score (nSPS) is 16.8. The first-order valence-corrected chi connectivity index (χ1v) is 14.7. The number of anilines is 1. The smallest absolute Gasteiger partial charge is 0.410 e. The average Bonchev–Trinajstić information content (AvgIpc) is 3.31. The fourth-order valence-electron chi connectivity index (χ4n) is 5.51. The predicted octanol–water partition coefficient (Wildman–Crippen LogP) is 5.71. The molecular weight excluding hydrogens is 528 g/mol. The monoisotopic (exact) mass is 568 g/mol.